The third-order valence-corrected chi connectivity index (χ3v) is 5.33. The van der Waals surface area contributed by atoms with Crippen LogP contribution in [0.3, 0.4) is 0 Å². The quantitative estimate of drug-likeness (QED) is 0.527. The first-order chi connectivity index (χ1) is 13.9. The lowest BCUT2D eigenvalue weighted by molar-refractivity contribution is -0.277. The Balaban J connectivity index is 1.79. The lowest BCUT2D eigenvalue weighted by Gasteiger charge is -2.39. The van der Waals surface area contributed by atoms with Crippen molar-refractivity contribution in [1.82, 2.24) is 0 Å². The Morgan fingerprint density at radius 2 is 1.90 bits per heavy atom. The number of esters is 1. The molecule has 4 rings (SSSR count). The predicted molar refractivity (Wildman–Crippen MR) is 98.7 cm³/mol. The van der Waals surface area contributed by atoms with Crippen LogP contribution in [0.1, 0.15) is 28.9 Å². The molecule has 0 radical (unpaired) electrons. The van der Waals surface area contributed by atoms with Gasteiger partial charge < -0.3 is 39.4 Å². The molecule has 29 heavy (non-hydrogen) atoms. The molecule has 0 amide bonds. The van der Waals surface area contributed by atoms with Crippen LogP contribution in [0, 0.1) is 0 Å². The van der Waals surface area contributed by atoms with Crippen molar-refractivity contribution in [2.45, 2.75) is 43.7 Å². The summed E-state index contributed by atoms with van der Waals surface area (Å²) in [5.74, 6) is 0.238. The van der Waals surface area contributed by atoms with Crippen LogP contribution < -0.4 is 9.47 Å². The van der Waals surface area contributed by atoms with E-state index in [1.54, 1.807) is 31.2 Å². The summed E-state index contributed by atoms with van der Waals surface area (Å²) in [6.45, 7) is 1.17. The molecular weight excluding hydrogens is 384 g/mol. The molecular formula is C20H22O9. The Labute approximate surface area is 166 Å². The first kappa shape index (κ1) is 19.9. The first-order valence-electron chi connectivity index (χ1n) is 9.19. The zero-order chi connectivity index (χ0) is 20.9. The standard InChI is InChI=1S/C20H22O9/c1-8-13-10(19(25)27-8)6-9-4-3-5-11(14(9)18(13)26-2)28-20-17(24)16(23)15(22)12(7-21)29-20/h3-6,8,12,15-17,20-24H,7H2,1-2H3/t8-,12+,15+,16-,17+,20+/m0/s1. The summed E-state index contributed by atoms with van der Waals surface area (Å²) in [5.41, 5.74) is 1.00. The summed E-state index contributed by atoms with van der Waals surface area (Å²) in [4.78, 5) is 12.1. The van der Waals surface area contributed by atoms with Crippen LogP contribution in [-0.4, -0.2) is 70.8 Å². The minimum absolute atomic E-state index is 0.276. The number of aliphatic hydroxyl groups excluding tert-OH is 4. The molecule has 6 atom stereocenters. The van der Waals surface area contributed by atoms with Crippen molar-refractivity contribution in [2.75, 3.05) is 13.7 Å². The molecule has 2 aromatic rings. The first-order valence-corrected chi connectivity index (χ1v) is 9.19. The third-order valence-electron chi connectivity index (χ3n) is 5.33. The van der Waals surface area contributed by atoms with Crippen molar-refractivity contribution in [2.24, 2.45) is 0 Å². The van der Waals surface area contributed by atoms with E-state index >= 15 is 0 Å². The van der Waals surface area contributed by atoms with E-state index in [1.165, 1.54) is 7.11 Å². The number of fused-ring (bicyclic) bond motifs is 2. The Morgan fingerprint density at radius 3 is 2.59 bits per heavy atom. The Bertz CT molecular complexity index is 941. The van der Waals surface area contributed by atoms with Crippen molar-refractivity contribution < 1.29 is 44.2 Å². The second kappa shape index (κ2) is 7.43. The maximum Gasteiger partial charge on any atom is 0.339 e. The lowest BCUT2D eigenvalue weighted by atomic mass is 9.97. The molecule has 0 aliphatic carbocycles. The van der Waals surface area contributed by atoms with Gasteiger partial charge in [0.2, 0.25) is 6.29 Å². The van der Waals surface area contributed by atoms with Gasteiger partial charge in [0, 0.05) is 5.56 Å². The van der Waals surface area contributed by atoms with Crippen molar-refractivity contribution in [3.8, 4) is 11.5 Å². The van der Waals surface area contributed by atoms with Crippen molar-refractivity contribution in [1.29, 1.82) is 0 Å². The number of benzene rings is 2. The van der Waals surface area contributed by atoms with Crippen LogP contribution in [-0.2, 0) is 9.47 Å². The summed E-state index contributed by atoms with van der Waals surface area (Å²) >= 11 is 0. The van der Waals surface area contributed by atoms with Crippen LogP contribution in [0.5, 0.6) is 11.5 Å². The van der Waals surface area contributed by atoms with Crippen LogP contribution >= 0.6 is 0 Å². The highest BCUT2D eigenvalue weighted by Gasteiger charge is 2.45. The summed E-state index contributed by atoms with van der Waals surface area (Å²) in [6, 6.07) is 6.77. The fourth-order valence-corrected chi connectivity index (χ4v) is 3.86. The van der Waals surface area contributed by atoms with Crippen LogP contribution in [0.2, 0.25) is 0 Å². The largest absolute Gasteiger partial charge is 0.496 e. The van der Waals surface area contributed by atoms with Crippen molar-refractivity contribution in [3.05, 3.63) is 35.4 Å². The molecule has 2 aromatic carbocycles. The molecule has 0 unspecified atom stereocenters. The number of carbonyl (C=O) groups is 1. The van der Waals surface area contributed by atoms with Gasteiger partial charge in [-0.2, -0.15) is 0 Å². The number of rotatable bonds is 4. The van der Waals surface area contributed by atoms with Gasteiger partial charge in [-0.3, -0.25) is 0 Å². The number of carbonyl (C=O) groups excluding carboxylic acids is 1. The molecule has 1 fully saturated rings. The Morgan fingerprint density at radius 1 is 1.14 bits per heavy atom. The van der Waals surface area contributed by atoms with E-state index < -0.39 is 49.4 Å². The summed E-state index contributed by atoms with van der Waals surface area (Å²) < 4.78 is 22.1. The third kappa shape index (κ3) is 3.11. The van der Waals surface area contributed by atoms with E-state index in [9.17, 15) is 25.2 Å². The van der Waals surface area contributed by atoms with E-state index in [0.717, 1.165) is 0 Å². The van der Waals surface area contributed by atoms with Crippen LogP contribution in [0.4, 0.5) is 0 Å². The lowest BCUT2D eigenvalue weighted by Crippen LogP contribution is -2.60. The topological polar surface area (TPSA) is 135 Å². The molecule has 0 bridgehead atoms. The van der Waals surface area contributed by atoms with Gasteiger partial charge in [-0.15, -0.1) is 0 Å². The molecule has 9 nitrogen and oxygen atoms in total. The maximum atomic E-state index is 12.1. The maximum absolute atomic E-state index is 12.1. The van der Waals surface area contributed by atoms with Gasteiger partial charge >= 0.3 is 5.97 Å². The molecule has 0 aromatic heterocycles. The fourth-order valence-electron chi connectivity index (χ4n) is 3.86. The molecule has 2 heterocycles. The van der Waals surface area contributed by atoms with E-state index in [0.29, 0.717) is 27.6 Å². The molecule has 2 aliphatic heterocycles. The van der Waals surface area contributed by atoms with Crippen LogP contribution in [0.25, 0.3) is 10.8 Å². The second-order valence-corrected chi connectivity index (χ2v) is 7.09. The number of hydrogen-bond donors (Lipinski definition) is 4. The molecule has 156 valence electrons. The van der Waals surface area contributed by atoms with Gasteiger partial charge in [0.25, 0.3) is 0 Å². The number of hydrogen-bond acceptors (Lipinski definition) is 9. The van der Waals surface area contributed by atoms with E-state index in [-0.39, 0.29) is 5.75 Å². The highest BCUT2D eigenvalue weighted by Crippen LogP contribution is 2.45. The van der Waals surface area contributed by atoms with E-state index in [1.807, 2.05) is 0 Å². The molecule has 0 saturated carbocycles. The molecule has 1 saturated heterocycles. The zero-order valence-electron chi connectivity index (χ0n) is 15.8. The van der Waals surface area contributed by atoms with Gasteiger partial charge in [0.15, 0.2) is 0 Å². The van der Waals surface area contributed by atoms with Crippen LogP contribution in [0.15, 0.2) is 24.3 Å². The highest BCUT2D eigenvalue weighted by molar-refractivity contribution is 6.04. The number of cyclic esters (lactones) is 1. The Kier molecular flexibility index (Phi) is 5.09. The number of ether oxygens (including phenoxy) is 4. The molecule has 9 heteroatoms. The van der Waals surface area contributed by atoms with Gasteiger partial charge in [-0.1, -0.05) is 12.1 Å². The summed E-state index contributed by atoms with van der Waals surface area (Å²) in [5, 5.41) is 40.8. The average molecular weight is 406 g/mol. The molecule has 0 spiro atoms. The van der Waals surface area contributed by atoms with Gasteiger partial charge in [-0.25, -0.2) is 4.79 Å². The van der Waals surface area contributed by atoms with Gasteiger partial charge in [-0.05, 0) is 24.4 Å². The minimum Gasteiger partial charge on any atom is -0.496 e. The smallest absolute Gasteiger partial charge is 0.339 e. The highest BCUT2D eigenvalue weighted by atomic mass is 16.7. The fraction of sp³-hybridized carbons (Fsp3) is 0.450. The van der Waals surface area contributed by atoms with E-state index in [2.05, 4.69) is 0 Å². The Hall–Kier alpha value is -2.43. The molecule has 2 aliphatic rings. The van der Waals surface area contributed by atoms with Gasteiger partial charge in [0.1, 0.15) is 42.0 Å². The van der Waals surface area contributed by atoms with Crippen molar-refractivity contribution >= 4 is 16.7 Å². The normalized spacial score (nSPS) is 31.4. The summed E-state index contributed by atoms with van der Waals surface area (Å²) in [7, 11) is 1.47. The second-order valence-electron chi connectivity index (χ2n) is 7.09. The zero-order valence-corrected chi connectivity index (χ0v) is 15.8. The SMILES string of the molecule is COc1c2c(cc3cccc(O[C@@H]4O[C@H](CO)[C@@H](O)[C@H](O)[C@H]4O)c13)C(=O)O[C@H]2C. The summed E-state index contributed by atoms with van der Waals surface area (Å²) in [6.07, 6.45) is -7.53. The monoisotopic (exact) mass is 406 g/mol. The molecule has 4 N–H and O–H groups in total. The average Bonchev–Trinajstić information content (AvgIpc) is 3.00. The van der Waals surface area contributed by atoms with Crippen molar-refractivity contribution in [3.63, 3.8) is 0 Å². The number of aliphatic hydroxyl groups is 4. The number of methoxy groups -OCH3 is 1. The predicted octanol–water partition coefficient (Wildman–Crippen LogP) is 0.258. The van der Waals surface area contributed by atoms with E-state index in [4.69, 9.17) is 18.9 Å². The van der Waals surface area contributed by atoms with Gasteiger partial charge in [0.05, 0.1) is 24.7 Å². The minimum atomic E-state index is -1.56.